The maximum atomic E-state index is 13.7. The zero-order valence-electron chi connectivity index (χ0n) is 23.6. The van der Waals surface area contributed by atoms with Gasteiger partial charge in [-0.3, -0.25) is 18.9 Å². The summed E-state index contributed by atoms with van der Waals surface area (Å²) in [5.74, 6) is -0.658. The number of aromatic nitrogens is 1. The molecule has 12 heteroatoms. The molecule has 0 aliphatic carbocycles. The van der Waals surface area contributed by atoms with Crippen LogP contribution in [0.3, 0.4) is 0 Å². The third-order valence-corrected chi connectivity index (χ3v) is 7.94. The van der Waals surface area contributed by atoms with E-state index in [0.717, 1.165) is 11.1 Å². The SMILES string of the molecule is CC(C(=O)NCc1ccc(N=C(N)N)cc1)n1c(CCc2ccc(O)cc2)ccc(NS(=O)(=O)Cc2ccccc2)c1=O. The van der Waals surface area contributed by atoms with Gasteiger partial charge in [0.1, 0.15) is 17.5 Å². The van der Waals surface area contributed by atoms with Gasteiger partial charge in [0.15, 0.2) is 5.96 Å². The van der Waals surface area contributed by atoms with Crippen molar-refractivity contribution in [3.05, 3.63) is 124 Å². The minimum Gasteiger partial charge on any atom is -0.508 e. The Hall–Kier alpha value is -5.10. The summed E-state index contributed by atoms with van der Waals surface area (Å²) >= 11 is 0. The fraction of sp³-hybridized carbons (Fsp3) is 0.194. The number of benzene rings is 3. The molecule has 1 unspecified atom stereocenters. The van der Waals surface area contributed by atoms with E-state index in [-0.39, 0.29) is 29.7 Å². The first kappa shape index (κ1) is 30.8. The molecule has 0 fully saturated rings. The summed E-state index contributed by atoms with van der Waals surface area (Å²) in [6, 6.07) is 24.4. The molecule has 1 aromatic heterocycles. The van der Waals surface area contributed by atoms with Gasteiger partial charge < -0.3 is 21.9 Å². The van der Waals surface area contributed by atoms with Gasteiger partial charge >= 0.3 is 0 Å². The number of phenols is 1. The largest absolute Gasteiger partial charge is 0.508 e. The van der Waals surface area contributed by atoms with Gasteiger partial charge in [0.25, 0.3) is 5.56 Å². The molecule has 0 spiro atoms. The van der Waals surface area contributed by atoms with E-state index in [4.69, 9.17) is 11.5 Å². The molecule has 1 heterocycles. The number of phenolic OH excluding ortho intramolecular Hbond substituents is 1. The van der Waals surface area contributed by atoms with Gasteiger partial charge in [-0.15, -0.1) is 0 Å². The summed E-state index contributed by atoms with van der Waals surface area (Å²) in [7, 11) is -3.91. The van der Waals surface area contributed by atoms with Crippen molar-refractivity contribution in [3.8, 4) is 5.75 Å². The third kappa shape index (κ3) is 8.69. The zero-order chi connectivity index (χ0) is 31.0. The van der Waals surface area contributed by atoms with E-state index >= 15 is 0 Å². The molecule has 4 rings (SSSR count). The fourth-order valence-electron chi connectivity index (χ4n) is 4.52. The number of nitrogens with two attached hydrogens (primary N) is 2. The van der Waals surface area contributed by atoms with E-state index in [2.05, 4.69) is 15.0 Å². The van der Waals surface area contributed by atoms with Crippen LogP contribution in [-0.4, -0.2) is 30.0 Å². The van der Waals surface area contributed by atoms with E-state index in [1.807, 2.05) is 0 Å². The Bertz CT molecular complexity index is 1750. The lowest BCUT2D eigenvalue weighted by atomic mass is 10.1. The number of hydrogen-bond acceptors (Lipinski definition) is 6. The number of aromatic hydroxyl groups is 1. The van der Waals surface area contributed by atoms with Crippen molar-refractivity contribution < 1.29 is 18.3 Å². The Balaban J connectivity index is 1.58. The van der Waals surface area contributed by atoms with Gasteiger partial charge in [-0.25, -0.2) is 13.4 Å². The summed E-state index contributed by atoms with van der Waals surface area (Å²) in [5, 5.41) is 12.4. The molecule has 0 aliphatic heterocycles. The number of pyridine rings is 1. The lowest BCUT2D eigenvalue weighted by Gasteiger charge is -2.21. The van der Waals surface area contributed by atoms with Crippen LogP contribution < -0.4 is 27.1 Å². The number of carbonyl (C=O) groups is 1. The van der Waals surface area contributed by atoms with Crippen LogP contribution in [0.5, 0.6) is 5.75 Å². The molecule has 0 saturated heterocycles. The standard InChI is InChI=1S/C31H34N6O5S/c1-21(29(39)34-19-23-7-12-25(13-8-23)35-31(32)33)37-26(14-9-22-10-16-27(38)17-11-22)15-18-28(30(37)40)36-43(41,42)20-24-5-3-2-4-6-24/h2-8,10-13,15-18,21,36,38H,9,14,19-20H2,1H3,(H,34,39)(H4,32,33,35). The third-order valence-electron chi connectivity index (χ3n) is 6.70. The number of rotatable bonds is 12. The zero-order valence-corrected chi connectivity index (χ0v) is 24.4. The number of carbonyl (C=O) groups excluding carboxylic acids is 1. The number of nitrogens with one attached hydrogen (secondary N) is 2. The Labute approximate surface area is 250 Å². The maximum Gasteiger partial charge on any atom is 0.275 e. The summed E-state index contributed by atoms with van der Waals surface area (Å²) in [6.07, 6.45) is 0.913. The van der Waals surface area contributed by atoms with Gasteiger partial charge in [0.2, 0.25) is 15.9 Å². The van der Waals surface area contributed by atoms with Crippen molar-refractivity contribution in [1.29, 1.82) is 0 Å². The number of aryl methyl sites for hydroxylation is 2. The second-order valence-corrected chi connectivity index (χ2v) is 11.7. The number of nitrogens with zero attached hydrogens (tertiary/aromatic N) is 2. The highest BCUT2D eigenvalue weighted by atomic mass is 32.2. The normalized spacial score (nSPS) is 11.8. The molecule has 1 atom stereocenters. The van der Waals surface area contributed by atoms with E-state index in [9.17, 15) is 23.1 Å². The minimum atomic E-state index is -3.91. The van der Waals surface area contributed by atoms with Crippen molar-refractivity contribution in [2.24, 2.45) is 16.5 Å². The number of amides is 1. The first-order valence-corrected chi connectivity index (χ1v) is 15.2. The van der Waals surface area contributed by atoms with Gasteiger partial charge in [-0.1, -0.05) is 54.6 Å². The van der Waals surface area contributed by atoms with Crippen LogP contribution in [0.2, 0.25) is 0 Å². The first-order valence-electron chi connectivity index (χ1n) is 13.5. The molecule has 0 radical (unpaired) electrons. The highest BCUT2D eigenvalue weighted by Gasteiger charge is 2.23. The Morgan fingerprint density at radius 3 is 2.19 bits per heavy atom. The Kier molecular flexibility index (Phi) is 9.83. The summed E-state index contributed by atoms with van der Waals surface area (Å²) in [4.78, 5) is 31.0. The molecule has 4 aromatic rings. The lowest BCUT2D eigenvalue weighted by molar-refractivity contribution is -0.124. The number of sulfonamides is 1. The van der Waals surface area contributed by atoms with Crippen LogP contribution in [0.25, 0.3) is 0 Å². The minimum absolute atomic E-state index is 0.0638. The number of aliphatic imine (C=N–C) groups is 1. The molecule has 0 aliphatic rings. The highest BCUT2D eigenvalue weighted by molar-refractivity contribution is 7.91. The quantitative estimate of drug-likeness (QED) is 0.122. The number of hydrogen-bond donors (Lipinski definition) is 5. The average Bonchev–Trinajstić information content (AvgIpc) is 2.97. The van der Waals surface area contributed by atoms with Gasteiger partial charge in [-0.05, 0) is 72.9 Å². The molecule has 1 amide bonds. The van der Waals surface area contributed by atoms with E-state index in [1.165, 1.54) is 10.6 Å². The molecular formula is C31H34N6O5S. The van der Waals surface area contributed by atoms with Crippen molar-refractivity contribution in [2.45, 2.75) is 38.1 Å². The molecule has 43 heavy (non-hydrogen) atoms. The van der Waals surface area contributed by atoms with Crippen molar-refractivity contribution >= 4 is 33.3 Å². The van der Waals surface area contributed by atoms with Crippen LogP contribution in [0, 0.1) is 0 Å². The second kappa shape index (κ2) is 13.7. The van der Waals surface area contributed by atoms with Crippen molar-refractivity contribution in [1.82, 2.24) is 9.88 Å². The molecule has 0 bridgehead atoms. The van der Waals surface area contributed by atoms with Crippen LogP contribution in [-0.2, 0) is 40.0 Å². The first-order chi connectivity index (χ1) is 20.5. The van der Waals surface area contributed by atoms with Crippen LogP contribution in [0.1, 0.15) is 35.3 Å². The molecule has 3 aromatic carbocycles. The Morgan fingerprint density at radius 1 is 0.884 bits per heavy atom. The summed E-state index contributed by atoms with van der Waals surface area (Å²) < 4.78 is 29.6. The van der Waals surface area contributed by atoms with E-state index < -0.39 is 27.5 Å². The van der Waals surface area contributed by atoms with Gasteiger partial charge in [0.05, 0.1) is 11.4 Å². The topological polar surface area (TPSA) is 182 Å². The molecule has 0 saturated carbocycles. The van der Waals surface area contributed by atoms with E-state index in [1.54, 1.807) is 91.9 Å². The summed E-state index contributed by atoms with van der Waals surface area (Å²) in [5.41, 5.74) is 13.4. The van der Waals surface area contributed by atoms with Crippen molar-refractivity contribution in [2.75, 3.05) is 4.72 Å². The number of anilines is 1. The van der Waals surface area contributed by atoms with Gasteiger partial charge in [0, 0.05) is 12.2 Å². The smallest absolute Gasteiger partial charge is 0.275 e. The molecule has 11 nitrogen and oxygen atoms in total. The van der Waals surface area contributed by atoms with Crippen LogP contribution in [0.4, 0.5) is 11.4 Å². The van der Waals surface area contributed by atoms with Crippen molar-refractivity contribution in [3.63, 3.8) is 0 Å². The monoisotopic (exact) mass is 602 g/mol. The maximum absolute atomic E-state index is 13.7. The molecule has 7 N–H and O–H groups in total. The summed E-state index contributed by atoms with van der Waals surface area (Å²) in [6.45, 7) is 1.77. The predicted octanol–water partition coefficient (Wildman–Crippen LogP) is 3.06. The highest BCUT2D eigenvalue weighted by Crippen LogP contribution is 2.18. The van der Waals surface area contributed by atoms with Crippen LogP contribution in [0.15, 0.2) is 101 Å². The fourth-order valence-corrected chi connectivity index (χ4v) is 5.72. The van der Waals surface area contributed by atoms with Gasteiger partial charge in [-0.2, -0.15) is 0 Å². The van der Waals surface area contributed by atoms with Crippen LogP contribution >= 0.6 is 0 Å². The number of guanidine groups is 1. The molecule has 224 valence electrons. The van der Waals surface area contributed by atoms with E-state index in [0.29, 0.717) is 29.8 Å². The predicted molar refractivity (Wildman–Crippen MR) is 167 cm³/mol. The average molecular weight is 603 g/mol. The second-order valence-electron chi connectivity index (χ2n) is 10.0. The Morgan fingerprint density at radius 2 is 1.53 bits per heavy atom. The lowest BCUT2D eigenvalue weighted by Crippen LogP contribution is -2.38. The molecular weight excluding hydrogens is 568 g/mol.